The van der Waals surface area contributed by atoms with Crippen molar-refractivity contribution in [3.63, 3.8) is 0 Å². The van der Waals surface area contributed by atoms with Crippen LogP contribution in [-0.4, -0.2) is 23.7 Å². The van der Waals surface area contributed by atoms with Crippen molar-refractivity contribution in [2.75, 3.05) is 6.61 Å². The van der Waals surface area contributed by atoms with E-state index in [9.17, 15) is 4.79 Å². The van der Waals surface area contributed by atoms with Crippen molar-refractivity contribution in [1.29, 1.82) is 0 Å². The summed E-state index contributed by atoms with van der Waals surface area (Å²) in [7, 11) is 0. The third-order valence-electron chi connectivity index (χ3n) is 5.02. The van der Waals surface area contributed by atoms with Gasteiger partial charge >= 0.3 is 0 Å². The van der Waals surface area contributed by atoms with Crippen molar-refractivity contribution in [3.8, 4) is 0 Å². The molecule has 30 heavy (non-hydrogen) atoms. The molecule has 2 N–H and O–H groups in total. The molecule has 0 aromatic rings. The lowest BCUT2D eigenvalue weighted by Gasteiger charge is -2.19. The number of carbonyl (C=O) groups is 1. The highest BCUT2D eigenvalue weighted by Crippen LogP contribution is 2.25. The number of nitrogens with one attached hydrogen (secondary N) is 1. The highest BCUT2D eigenvalue weighted by Gasteiger charge is 2.12. The third kappa shape index (κ3) is 19.7. The SMILES string of the molecule is CCCCCCC(C)(C)/C=C\C/C=C\C/C=C\C/C=C\CCCC(=O)N[C@H](C)CO. The fourth-order valence-corrected chi connectivity index (χ4v) is 3.09. The highest BCUT2D eigenvalue weighted by atomic mass is 16.3. The van der Waals surface area contributed by atoms with Gasteiger partial charge in [-0.05, 0) is 50.9 Å². The van der Waals surface area contributed by atoms with E-state index in [1.165, 1.54) is 32.1 Å². The summed E-state index contributed by atoms with van der Waals surface area (Å²) in [6, 6.07) is -0.157. The normalized spacial score (nSPS) is 13.9. The average molecular weight is 418 g/mol. The molecule has 172 valence electrons. The molecule has 1 amide bonds. The van der Waals surface area contributed by atoms with Crippen molar-refractivity contribution in [2.24, 2.45) is 5.41 Å². The number of hydrogen-bond donors (Lipinski definition) is 2. The Morgan fingerprint density at radius 3 is 2.10 bits per heavy atom. The van der Waals surface area contributed by atoms with E-state index < -0.39 is 0 Å². The van der Waals surface area contributed by atoms with Gasteiger partial charge in [-0.15, -0.1) is 0 Å². The first-order chi connectivity index (χ1) is 14.4. The van der Waals surface area contributed by atoms with Gasteiger partial charge in [-0.2, -0.15) is 0 Å². The summed E-state index contributed by atoms with van der Waals surface area (Å²) in [5, 5.41) is 11.7. The van der Waals surface area contributed by atoms with E-state index in [2.05, 4.69) is 74.7 Å². The zero-order valence-corrected chi connectivity index (χ0v) is 20.0. The number of aliphatic hydroxyl groups excluding tert-OH is 1. The molecule has 3 heteroatoms. The number of unbranched alkanes of at least 4 members (excludes halogenated alkanes) is 4. The van der Waals surface area contributed by atoms with Gasteiger partial charge in [-0.3, -0.25) is 4.79 Å². The van der Waals surface area contributed by atoms with Crippen LogP contribution in [0.15, 0.2) is 48.6 Å². The van der Waals surface area contributed by atoms with Gasteiger partial charge in [-0.1, -0.05) is 95.1 Å². The lowest BCUT2D eigenvalue weighted by molar-refractivity contribution is -0.122. The number of rotatable bonds is 18. The summed E-state index contributed by atoms with van der Waals surface area (Å²) >= 11 is 0. The van der Waals surface area contributed by atoms with E-state index in [1.807, 2.05) is 0 Å². The van der Waals surface area contributed by atoms with E-state index in [0.717, 1.165) is 32.1 Å². The van der Waals surface area contributed by atoms with Crippen LogP contribution in [0.1, 0.15) is 98.3 Å². The number of amides is 1. The highest BCUT2D eigenvalue weighted by molar-refractivity contribution is 5.76. The molecule has 0 aromatic heterocycles. The van der Waals surface area contributed by atoms with Crippen LogP contribution in [0, 0.1) is 5.41 Å². The first-order valence-electron chi connectivity index (χ1n) is 11.9. The van der Waals surface area contributed by atoms with Crippen LogP contribution in [0.5, 0.6) is 0 Å². The molecule has 0 aliphatic heterocycles. The Morgan fingerprint density at radius 2 is 1.50 bits per heavy atom. The minimum atomic E-state index is -0.157. The van der Waals surface area contributed by atoms with Crippen LogP contribution in [0.4, 0.5) is 0 Å². The fraction of sp³-hybridized carbons (Fsp3) is 0.667. The maximum Gasteiger partial charge on any atom is 0.220 e. The number of hydrogen-bond acceptors (Lipinski definition) is 2. The van der Waals surface area contributed by atoms with E-state index in [0.29, 0.717) is 11.8 Å². The third-order valence-corrected chi connectivity index (χ3v) is 5.02. The summed E-state index contributed by atoms with van der Waals surface area (Å²) in [5.74, 6) is 0.0158. The molecule has 0 aliphatic rings. The molecule has 0 unspecified atom stereocenters. The summed E-state index contributed by atoms with van der Waals surface area (Å²) in [5.41, 5.74) is 0.315. The Morgan fingerprint density at radius 1 is 0.900 bits per heavy atom. The summed E-state index contributed by atoms with van der Waals surface area (Å²) in [4.78, 5) is 11.6. The predicted octanol–water partition coefficient (Wildman–Crippen LogP) is 7.05. The zero-order valence-electron chi connectivity index (χ0n) is 20.0. The van der Waals surface area contributed by atoms with E-state index in [1.54, 1.807) is 6.92 Å². The van der Waals surface area contributed by atoms with Crippen LogP contribution in [0.25, 0.3) is 0 Å². The van der Waals surface area contributed by atoms with Gasteiger partial charge in [0.2, 0.25) is 5.91 Å². The number of aliphatic hydroxyl groups is 1. The second-order valence-electron chi connectivity index (χ2n) is 8.87. The van der Waals surface area contributed by atoms with Crippen molar-refractivity contribution < 1.29 is 9.90 Å². The van der Waals surface area contributed by atoms with Gasteiger partial charge in [0, 0.05) is 12.5 Å². The van der Waals surface area contributed by atoms with Crippen molar-refractivity contribution in [2.45, 2.75) is 104 Å². The molecule has 0 fully saturated rings. The monoisotopic (exact) mass is 417 g/mol. The first-order valence-corrected chi connectivity index (χ1v) is 11.9. The van der Waals surface area contributed by atoms with Crippen molar-refractivity contribution in [3.05, 3.63) is 48.6 Å². The Balaban J connectivity index is 3.72. The van der Waals surface area contributed by atoms with Crippen LogP contribution in [-0.2, 0) is 4.79 Å². The summed E-state index contributed by atoms with van der Waals surface area (Å²) < 4.78 is 0. The van der Waals surface area contributed by atoms with E-state index in [-0.39, 0.29) is 18.6 Å². The first kappa shape index (κ1) is 28.4. The van der Waals surface area contributed by atoms with Gasteiger partial charge in [0.25, 0.3) is 0 Å². The molecule has 0 spiro atoms. The molecule has 0 aliphatic carbocycles. The fourth-order valence-electron chi connectivity index (χ4n) is 3.09. The Labute approximate surface area is 186 Å². The lowest BCUT2D eigenvalue weighted by atomic mass is 9.86. The number of allylic oxidation sites excluding steroid dienone is 8. The van der Waals surface area contributed by atoms with Crippen LogP contribution >= 0.6 is 0 Å². The van der Waals surface area contributed by atoms with Gasteiger partial charge in [0.05, 0.1) is 6.61 Å². The van der Waals surface area contributed by atoms with Gasteiger partial charge in [-0.25, -0.2) is 0 Å². The maximum atomic E-state index is 11.6. The quantitative estimate of drug-likeness (QED) is 0.185. The zero-order chi connectivity index (χ0) is 22.5. The lowest BCUT2D eigenvalue weighted by Crippen LogP contribution is -2.34. The summed E-state index contributed by atoms with van der Waals surface area (Å²) in [6.45, 7) is 8.72. The summed E-state index contributed by atoms with van der Waals surface area (Å²) in [6.07, 6.45) is 29.6. The molecule has 0 heterocycles. The molecule has 1 atom stereocenters. The molecule has 0 radical (unpaired) electrons. The molecule has 3 nitrogen and oxygen atoms in total. The second-order valence-corrected chi connectivity index (χ2v) is 8.87. The molecular formula is C27H47NO2. The van der Waals surface area contributed by atoms with E-state index in [4.69, 9.17) is 5.11 Å². The largest absolute Gasteiger partial charge is 0.394 e. The topological polar surface area (TPSA) is 49.3 Å². The van der Waals surface area contributed by atoms with Crippen LogP contribution in [0.3, 0.4) is 0 Å². The molecule has 0 bridgehead atoms. The molecule has 0 saturated heterocycles. The molecule has 0 saturated carbocycles. The molecular weight excluding hydrogens is 370 g/mol. The minimum absolute atomic E-state index is 0.0127. The van der Waals surface area contributed by atoms with Gasteiger partial charge < -0.3 is 10.4 Å². The predicted molar refractivity (Wildman–Crippen MR) is 131 cm³/mol. The number of carbonyl (C=O) groups excluding carboxylic acids is 1. The Kier molecular flexibility index (Phi) is 18.3. The van der Waals surface area contributed by atoms with Gasteiger partial charge in [0.1, 0.15) is 0 Å². The molecule has 0 aromatic carbocycles. The second kappa shape index (κ2) is 19.4. The average Bonchev–Trinajstić information content (AvgIpc) is 2.71. The standard InChI is InChI=1S/C27H47NO2/c1-5-6-7-19-22-27(3,4)23-20-17-15-13-11-9-8-10-12-14-16-18-21-26(30)28-25(2)24-29/h8-9,12-15,20,23,25,29H,5-7,10-11,16-19,21-22,24H2,1-4H3,(H,28,30)/b9-8-,14-12-,15-13-,23-20-/t25-/m1/s1. The Bertz CT molecular complexity index is 529. The van der Waals surface area contributed by atoms with Crippen LogP contribution < -0.4 is 5.32 Å². The van der Waals surface area contributed by atoms with Crippen molar-refractivity contribution in [1.82, 2.24) is 5.32 Å². The van der Waals surface area contributed by atoms with Crippen molar-refractivity contribution >= 4 is 5.91 Å². The van der Waals surface area contributed by atoms with Gasteiger partial charge in [0.15, 0.2) is 0 Å². The van der Waals surface area contributed by atoms with E-state index >= 15 is 0 Å². The smallest absolute Gasteiger partial charge is 0.220 e. The minimum Gasteiger partial charge on any atom is -0.394 e. The molecule has 0 rings (SSSR count). The Hall–Kier alpha value is -1.61. The maximum absolute atomic E-state index is 11.6. The van der Waals surface area contributed by atoms with Crippen LogP contribution in [0.2, 0.25) is 0 Å².